The van der Waals surface area contributed by atoms with E-state index >= 15 is 0 Å². The molecule has 0 spiro atoms. The fourth-order valence-corrected chi connectivity index (χ4v) is 6.49. The van der Waals surface area contributed by atoms with E-state index in [2.05, 4.69) is 35.3 Å². The number of halogens is 1. The van der Waals surface area contributed by atoms with E-state index in [4.69, 9.17) is 16.3 Å². The van der Waals surface area contributed by atoms with Crippen LogP contribution in [0, 0.1) is 0 Å². The van der Waals surface area contributed by atoms with Gasteiger partial charge in [0.2, 0.25) is 5.91 Å². The van der Waals surface area contributed by atoms with Gasteiger partial charge in [-0.3, -0.25) is 9.69 Å². The molecule has 0 bridgehead atoms. The Morgan fingerprint density at radius 3 is 2.60 bits per heavy atom. The van der Waals surface area contributed by atoms with Crippen LogP contribution in [0.3, 0.4) is 0 Å². The molecule has 0 N–H and O–H groups in total. The first-order valence-corrected chi connectivity index (χ1v) is 12.9. The zero-order valence-corrected chi connectivity index (χ0v) is 20.8. The van der Waals surface area contributed by atoms with Crippen molar-refractivity contribution in [3.05, 3.63) is 71.2 Å². The third kappa shape index (κ3) is 3.93. The second kappa shape index (κ2) is 8.82. The number of piperidine rings is 1. The number of fused-ring (bicyclic) bond motifs is 4. The topological polar surface area (TPSA) is 53.1 Å². The zero-order chi connectivity index (χ0) is 24.1. The highest BCUT2D eigenvalue weighted by molar-refractivity contribution is 7.25. The van der Waals surface area contributed by atoms with Crippen molar-refractivity contribution in [1.82, 2.24) is 5.01 Å². The Kier molecular flexibility index (Phi) is 5.63. The van der Waals surface area contributed by atoms with Crippen molar-refractivity contribution in [3.8, 4) is 0 Å². The van der Waals surface area contributed by atoms with Crippen LogP contribution in [0.4, 0.5) is 16.2 Å². The minimum atomic E-state index is -0.337. The highest BCUT2D eigenvalue weighted by Gasteiger charge is 2.36. The number of thiophene rings is 1. The van der Waals surface area contributed by atoms with Crippen molar-refractivity contribution in [3.63, 3.8) is 0 Å². The molecular weight excluding hydrogens is 482 g/mol. The average molecular weight is 506 g/mol. The molecule has 0 atom stereocenters. The van der Waals surface area contributed by atoms with Gasteiger partial charge in [-0.15, -0.1) is 11.3 Å². The summed E-state index contributed by atoms with van der Waals surface area (Å²) < 4.78 is 7.87. The van der Waals surface area contributed by atoms with Crippen LogP contribution in [-0.4, -0.2) is 36.1 Å². The minimum Gasteiger partial charge on any atom is -0.444 e. The van der Waals surface area contributed by atoms with Crippen molar-refractivity contribution in [1.29, 1.82) is 0 Å². The van der Waals surface area contributed by atoms with Crippen LogP contribution in [0.25, 0.3) is 20.2 Å². The number of carbonyl (C=O) groups is 2. The normalized spacial score (nSPS) is 17.0. The summed E-state index contributed by atoms with van der Waals surface area (Å²) in [4.78, 5) is 27.2. The van der Waals surface area contributed by atoms with Crippen molar-refractivity contribution in [2.45, 2.75) is 32.4 Å². The Morgan fingerprint density at radius 1 is 1.03 bits per heavy atom. The summed E-state index contributed by atoms with van der Waals surface area (Å²) in [5.74, 6) is -0.0307. The number of rotatable bonds is 3. The van der Waals surface area contributed by atoms with Gasteiger partial charge in [-0.2, -0.15) is 0 Å². The number of hydrogen-bond donors (Lipinski definition) is 0. The first-order chi connectivity index (χ1) is 17.0. The lowest BCUT2D eigenvalue weighted by atomic mass is 10.0. The molecule has 0 aliphatic carbocycles. The average Bonchev–Trinajstić information content (AvgIpc) is 3.23. The molecule has 2 aliphatic rings. The van der Waals surface area contributed by atoms with E-state index < -0.39 is 0 Å². The molecule has 178 valence electrons. The Labute approximate surface area is 212 Å². The maximum absolute atomic E-state index is 12.8. The number of hydrogen-bond acceptors (Lipinski definition) is 5. The smallest absolute Gasteiger partial charge is 0.414 e. The maximum atomic E-state index is 12.8. The van der Waals surface area contributed by atoms with Gasteiger partial charge in [0.05, 0.1) is 11.4 Å². The molecule has 1 aromatic heterocycles. The summed E-state index contributed by atoms with van der Waals surface area (Å²) in [5.41, 5.74) is 2.64. The Hall–Kier alpha value is -3.13. The van der Waals surface area contributed by atoms with Crippen LogP contribution in [-0.2, 0) is 16.1 Å². The Balaban J connectivity index is 1.26. The number of amides is 2. The van der Waals surface area contributed by atoms with Gasteiger partial charge in [0.25, 0.3) is 0 Å². The van der Waals surface area contributed by atoms with E-state index in [1.165, 1.54) is 14.8 Å². The quantitative estimate of drug-likeness (QED) is 0.315. The van der Waals surface area contributed by atoms with Crippen LogP contribution < -0.4 is 9.91 Å². The summed E-state index contributed by atoms with van der Waals surface area (Å²) in [6.07, 6.45) is 1.10. The van der Waals surface area contributed by atoms with Crippen LogP contribution in [0.5, 0.6) is 0 Å². The Bertz CT molecular complexity index is 1460. The van der Waals surface area contributed by atoms with Crippen molar-refractivity contribution >= 4 is 66.5 Å². The predicted octanol–water partition coefficient (Wildman–Crippen LogP) is 6.60. The fraction of sp³-hybridized carbons (Fsp3) is 0.259. The number of cyclic esters (lactones) is 1. The molecule has 3 heterocycles. The third-order valence-electron chi connectivity index (χ3n) is 6.85. The molecule has 2 aliphatic heterocycles. The number of nitrogens with zero attached hydrogens (tertiary/aromatic N) is 3. The summed E-state index contributed by atoms with van der Waals surface area (Å²) in [5, 5.41) is 6.83. The van der Waals surface area contributed by atoms with Gasteiger partial charge in [0.1, 0.15) is 6.61 Å². The first-order valence-electron chi connectivity index (χ1n) is 11.7. The first kappa shape index (κ1) is 22.3. The molecule has 3 aromatic carbocycles. The monoisotopic (exact) mass is 505 g/mol. The molecule has 4 aromatic rings. The third-order valence-corrected chi connectivity index (χ3v) is 8.23. The molecule has 0 unspecified atom stereocenters. The van der Waals surface area contributed by atoms with Crippen molar-refractivity contribution in [2.75, 3.05) is 23.0 Å². The van der Waals surface area contributed by atoms with Crippen molar-refractivity contribution < 1.29 is 14.3 Å². The summed E-state index contributed by atoms with van der Waals surface area (Å²) in [6, 6.07) is 20.1. The molecule has 2 amide bonds. The lowest BCUT2D eigenvalue weighted by Gasteiger charge is -2.43. The molecule has 0 radical (unpaired) electrons. The molecular formula is C27H24ClN3O3S. The van der Waals surface area contributed by atoms with E-state index in [9.17, 15) is 9.59 Å². The molecule has 0 saturated carbocycles. The lowest BCUT2D eigenvalue weighted by Crippen LogP contribution is -2.54. The lowest BCUT2D eigenvalue weighted by molar-refractivity contribution is -0.119. The van der Waals surface area contributed by atoms with Gasteiger partial charge in [-0.1, -0.05) is 35.9 Å². The second-order valence-corrected chi connectivity index (χ2v) is 10.5. The van der Waals surface area contributed by atoms with E-state index in [0.29, 0.717) is 31.0 Å². The van der Waals surface area contributed by atoms with Crippen molar-refractivity contribution in [2.24, 2.45) is 0 Å². The number of ether oxygens (including phenoxy) is 1. The van der Waals surface area contributed by atoms with Crippen LogP contribution >= 0.6 is 22.9 Å². The highest BCUT2D eigenvalue weighted by atomic mass is 35.5. The number of carbonyl (C=O) groups excluding carboxylic acids is 2. The van der Waals surface area contributed by atoms with E-state index in [1.54, 1.807) is 28.2 Å². The van der Waals surface area contributed by atoms with Crippen LogP contribution in [0.1, 0.15) is 25.3 Å². The van der Waals surface area contributed by atoms with Crippen LogP contribution in [0.15, 0.2) is 60.7 Å². The summed E-state index contributed by atoms with van der Waals surface area (Å²) >= 11 is 8.00. The van der Waals surface area contributed by atoms with E-state index in [0.717, 1.165) is 22.3 Å². The standard InChI is InChI=1S/C27H24ClN3O3S/c1-17(32)31(21-8-9-26-23(15-21)22-4-2-3-5-25(22)35-26)29-12-10-20(11-13-29)30-24-14-19(28)7-6-18(24)16-34-27(30)33/h2-9,14-15,20H,10-13,16H2,1H3. The summed E-state index contributed by atoms with van der Waals surface area (Å²) in [7, 11) is 0. The second-order valence-electron chi connectivity index (χ2n) is 8.99. The predicted molar refractivity (Wildman–Crippen MR) is 141 cm³/mol. The van der Waals surface area contributed by atoms with Gasteiger partial charge in [0, 0.05) is 56.8 Å². The SMILES string of the molecule is CC(=O)N(c1ccc2sc3ccccc3c2c1)N1CCC(N2C(=O)OCc3ccc(Cl)cc32)CC1. The van der Waals surface area contributed by atoms with E-state index in [-0.39, 0.29) is 24.6 Å². The zero-order valence-electron chi connectivity index (χ0n) is 19.2. The van der Waals surface area contributed by atoms with Gasteiger partial charge >= 0.3 is 6.09 Å². The van der Waals surface area contributed by atoms with Crippen LogP contribution in [0.2, 0.25) is 5.02 Å². The van der Waals surface area contributed by atoms with Gasteiger partial charge in [-0.05, 0) is 49.2 Å². The minimum absolute atomic E-state index is 0.0200. The fourth-order valence-electron chi connectivity index (χ4n) is 5.24. The number of benzene rings is 3. The van der Waals surface area contributed by atoms with Gasteiger partial charge in [-0.25, -0.2) is 14.8 Å². The molecule has 6 nitrogen and oxygen atoms in total. The number of anilines is 2. The Morgan fingerprint density at radius 2 is 1.80 bits per heavy atom. The molecule has 1 fully saturated rings. The summed E-state index contributed by atoms with van der Waals surface area (Å²) in [6.45, 7) is 3.15. The number of hydrazine groups is 1. The van der Waals surface area contributed by atoms with Gasteiger partial charge in [0.15, 0.2) is 0 Å². The molecule has 6 rings (SSSR count). The van der Waals surface area contributed by atoms with E-state index in [1.807, 2.05) is 30.3 Å². The largest absolute Gasteiger partial charge is 0.444 e. The molecule has 35 heavy (non-hydrogen) atoms. The van der Waals surface area contributed by atoms with Gasteiger partial charge < -0.3 is 4.74 Å². The maximum Gasteiger partial charge on any atom is 0.414 e. The molecule has 8 heteroatoms. The highest BCUT2D eigenvalue weighted by Crippen LogP contribution is 2.37. The molecule has 1 saturated heterocycles.